The number of morpholine rings is 1. The second kappa shape index (κ2) is 10.2. The summed E-state index contributed by atoms with van der Waals surface area (Å²) in [6.45, 7) is 2.52. The molecule has 1 heterocycles. The van der Waals surface area contributed by atoms with Crippen LogP contribution in [0.15, 0.2) is 47.4 Å². The van der Waals surface area contributed by atoms with Crippen LogP contribution >= 0.6 is 11.6 Å². The number of sulfonamides is 1. The average Bonchev–Trinajstić information content (AvgIpc) is 2.78. The van der Waals surface area contributed by atoms with E-state index in [4.69, 9.17) is 21.1 Å². The summed E-state index contributed by atoms with van der Waals surface area (Å²) in [6.07, 6.45) is 0.820. The van der Waals surface area contributed by atoms with Crippen molar-refractivity contribution in [2.45, 2.75) is 18.2 Å². The molecule has 0 spiro atoms. The summed E-state index contributed by atoms with van der Waals surface area (Å²) in [4.78, 5) is 24.5. The third-order valence-electron chi connectivity index (χ3n) is 4.72. The van der Waals surface area contributed by atoms with Gasteiger partial charge in [-0.25, -0.2) is 13.2 Å². The van der Waals surface area contributed by atoms with E-state index in [9.17, 15) is 18.0 Å². The van der Waals surface area contributed by atoms with E-state index >= 15 is 0 Å². The Labute approximate surface area is 186 Å². The Balaban J connectivity index is 1.67. The number of nitrogens with one attached hydrogen (secondary N) is 1. The van der Waals surface area contributed by atoms with Gasteiger partial charge in [0.2, 0.25) is 10.0 Å². The summed E-state index contributed by atoms with van der Waals surface area (Å²) in [5, 5.41) is 2.68. The fourth-order valence-corrected chi connectivity index (χ4v) is 4.66. The number of carbonyl (C=O) groups is 2. The summed E-state index contributed by atoms with van der Waals surface area (Å²) in [7, 11) is -3.81. The molecule has 1 aliphatic heterocycles. The summed E-state index contributed by atoms with van der Waals surface area (Å²) < 4.78 is 37.1. The number of aryl methyl sites for hydroxylation is 1. The van der Waals surface area contributed by atoms with E-state index in [1.54, 1.807) is 6.07 Å². The minimum atomic E-state index is -3.81. The second-order valence-electron chi connectivity index (χ2n) is 6.84. The van der Waals surface area contributed by atoms with Gasteiger partial charge in [0.1, 0.15) is 0 Å². The first kappa shape index (κ1) is 23.2. The van der Waals surface area contributed by atoms with Crippen LogP contribution in [0.3, 0.4) is 0 Å². The molecule has 0 unspecified atom stereocenters. The van der Waals surface area contributed by atoms with Crippen molar-refractivity contribution >= 4 is 39.2 Å². The van der Waals surface area contributed by atoms with Crippen molar-refractivity contribution in [1.29, 1.82) is 0 Å². The molecule has 0 bridgehead atoms. The summed E-state index contributed by atoms with van der Waals surface area (Å²) in [5.74, 6) is -1.41. The van der Waals surface area contributed by atoms with Crippen LogP contribution in [-0.4, -0.2) is 57.5 Å². The normalized spacial score (nSPS) is 14.8. The molecule has 1 saturated heterocycles. The van der Waals surface area contributed by atoms with Crippen LogP contribution in [0.2, 0.25) is 5.02 Å². The monoisotopic (exact) mass is 466 g/mol. The Morgan fingerprint density at radius 3 is 2.61 bits per heavy atom. The van der Waals surface area contributed by atoms with Crippen molar-refractivity contribution in [3.63, 3.8) is 0 Å². The molecule has 0 saturated carbocycles. The molecule has 1 aliphatic rings. The molecular formula is C21H23ClN2O6S. The van der Waals surface area contributed by atoms with Crippen molar-refractivity contribution in [2.24, 2.45) is 0 Å². The first-order valence-electron chi connectivity index (χ1n) is 9.74. The minimum absolute atomic E-state index is 0.0296. The highest BCUT2D eigenvalue weighted by molar-refractivity contribution is 7.89. The molecule has 8 nitrogen and oxygen atoms in total. The third kappa shape index (κ3) is 5.82. The lowest BCUT2D eigenvalue weighted by atomic mass is 10.1. The lowest BCUT2D eigenvalue weighted by Crippen LogP contribution is -2.40. The molecule has 166 valence electrons. The van der Waals surface area contributed by atoms with Gasteiger partial charge in [0, 0.05) is 18.8 Å². The largest absolute Gasteiger partial charge is 0.452 e. The van der Waals surface area contributed by atoms with Crippen LogP contribution in [0.4, 0.5) is 5.69 Å². The number of ether oxygens (including phenoxy) is 2. The Hall–Kier alpha value is -2.46. The number of carbonyl (C=O) groups excluding carboxylic acids is 2. The molecule has 0 aromatic heterocycles. The van der Waals surface area contributed by atoms with Gasteiger partial charge in [-0.2, -0.15) is 4.31 Å². The predicted octanol–water partition coefficient (Wildman–Crippen LogP) is 2.72. The number of amides is 1. The van der Waals surface area contributed by atoms with Crippen LogP contribution < -0.4 is 5.32 Å². The maximum absolute atomic E-state index is 12.8. The van der Waals surface area contributed by atoms with Gasteiger partial charge in [-0.15, -0.1) is 0 Å². The van der Waals surface area contributed by atoms with Crippen LogP contribution in [0.5, 0.6) is 0 Å². The van der Waals surface area contributed by atoms with Gasteiger partial charge in [0.25, 0.3) is 5.91 Å². The lowest BCUT2D eigenvalue weighted by molar-refractivity contribution is -0.119. The Bertz CT molecular complexity index is 1070. The number of anilines is 1. The van der Waals surface area contributed by atoms with Gasteiger partial charge in [-0.05, 0) is 42.3 Å². The SMILES string of the molecule is CCc1cccc(NC(=O)COC(=O)c2cc(S(=O)(=O)N3CCOCC3)ccc2Cl)c1. The Morgan fingerprint density at radius 1 is 1.16 bits per heavy atom. The number of benzene rings is 2. The van der Waals surface area contributed by atoms with E-state index in [0.29, 0.717) is 18.9 Å². The second-order valence-corrected chi connectivity index (χ2v) is 9.18. The van der Waals surface area contributed by atoms with Crippen LogP contribution in [0.1, 0.15) is 22.8 Å². The van der Waals surface area contributed by atoms with Crippen LogP contribution in [0.25, 0.3) is 0 Å². The molecule has 1 N–H and O–H groups in total. The molecule has 3 rings (SSSR count). The molecule has 1 amide bonds. The van der Waals surface area contributed by atoms with E-state index in [1.165, 1.54) is 16.4 Å². The van der Waals surface area contributed by atoms with Gasteiger partial charge in [0.05, 0.1) is 28.7 Å². The predicted molar refractivity (Wildman–Crippen MR) is 116 cm³/mol. The standard InChI is InChI=1S/C21H23ClN2O6S/c1-2-15-4-3-5-16(12-15)23-20(25)14-30-21(26)18-13-17(6-7-19(18)22)31(27,28)24-8-10-29-11-9-24/h3-7,12-13H,2,8-11,14H2,1H3,(H,23,25). The first-order valence-corrected chi connectivity index (χ1v) is 11.6. The van der Waals surface area contributed by atoms with Gasteiger partial charge < -0.3 is 14.8 Å². The topological polar surface area (TPSA) is 102 Å². The van der Waals surface area contributed by atoms with Crippen molar-refractivity contribution in [1.82, 2.24) is 4.31 Å². The molecule has 2 aromatic carbocycles. The zero-order valence-corrected chi connectivity index (χ0v) is 18.5. The van der Waals surface area contributed by atoms with Crippen molar-refractivity contribution < 1.29 is 27.5 Å². The highest BCUT2D eigenvalue weighted by Crippen LogP contribution is 2.24. The van der Waals surface area contributed by atoms with Gasteiger partial charge >= 0.3 is 5.97 Å². The fraction of sp³-hybridized carbons (Fsp3) is 0.333. The highest BCUT2D eigenvalue weighted by Gasteiger charge is 2.28. The zero-order chi connectivity index (χ0) is 22.4. The molecule has 0 atom stereocenters. The highest BCUT2D eigenvalue weighted by atomic mass is 35.5. The van der Waals surface area contributed by atoms with E-state index in [1.807, 2.05) is 25.1 Å². The average molecular weight is 467 g/mol. The van der Waals surface area contributed by atoms with Gasteiger partial charge in [-0.3, -0.25) is 4.79 Å². The number of hydrogen-bond acceptors (Lipinski definition) is 6. The quantitative estimate of drug-likeness (QED) is 0.629. The molecule has 1 fully saturated rings. The maximum atomic E-state index is 12.8. The Kier molecular flexibility index (Phi) is 7.66. The molecule has 0 aliphatic carbocycles. The van der Waals surface area contributed by atoms with Crippen LogP contribution in [0, 0.1) is 0 Å². The number of esters is 1. The maximum Gasteiger partial charge on any atom is 0.340 e. The van der Waals surface area contributed by atoms with Gasteiger partial charge in [-0.1, -0.05) is 30.7 Å². The zero-order valence-electron chi connectivity index (χ0n) is 17.0. The Morgan fingerprint density at radius 2 is 1.90 bits per heavy atom. The van der Waals surface area contributed by atoms with Gasteiger partial charge in [0.15, 0.2) is 6.61 Å². The van der Waals surface area contributed by atoms with Crippen molar-refractivity contribution in [3.8, 4) is 0 Å². The third-order valence-corrected chi connectivity index (χ3v) is 6.94. The summed E-state index contributed by atoms with van der Waals surface area (Å²) in [5.41, 5.74) is 1.52. The summed E-state index contributed by atoms with van der Waals surface area (Å²) >= 11 is 6.08. The fourth-order valence-electron chi connectivity index (χ4n) is 3.03. The smallest absolute Gasteiger partial charge is 0.340 e. The van der Waals surface area contributed by atoms with Crippen molar-refractivity contribution in [2.75, 3.05) is 38.2 Å². The van der Waals surface area contributed by atoms with E-state index < -0.39 is 28.5 Å². The van der Waals surface area contributed by atoms with E-state index in [-0.39, 0.29) is 28.6 Å². The molecule has 31 heavy (non-hydrogen) atoms. The number of hydrogen-bond donors (Lipinski definition) is 1. The number of halogens is 1. The number of nitrogens with zero attached hydrogens (tertiary/aromatic N) is 1. The molecule has 2 aromatic rings. The molecule has 10 heteroatoms. The van der Waals surface area contributed by atoms with E-state index in [2.05, 4.69) is 5.32 Å². The van der Waals surface area contributed by atoms with E-state index in [0.717, 1.165) is 18.1 Å². The number of rotatable bonds is 7. The first-order chi connectivity index (χ1) is 14.8. The van der Waals surface area contributed by atoms with Crippen LogP contribution in [-0.2, 0) is 30.7 Å². The molecular weight excluding hydrogens is 444 g/mol. The van der Waals surface area contributed by atoms with Crippen molar-refractivity contribution in [3.05, 3.63) is 58.6 Å². The minimum Gasteiger partial charge on any atom is -0.452 e. The summed E-state index contributed by atoms with van der Waals surface area (Å²) in [6, 6.07) is 11.1. The lowest BCUT2D eigenvalue weighted by Gasteiger charge is -2.26. The molecule has 0 radical (unpaired) electrons.